The van der Waals surface area contributed by atoms with Crippen molar-refractivity contribution in [2.45, 2.75) is 107 Å². The number of halogens is 1. The predicted molar refractivity (Wildman–Crippen MR) is 319 cm³/mol. The average Bonchev–Trinajstić information content (AvgIpc) is 3.87. The molecule has 0 saturated carbocycles. The largest absolute Gasteiger partial charge is 0.368 e. The van der Waals surface area contributed by atoms with E-state index in [9.17, 15) is 38.4 Å². The van der Waals surface area contributed by atoms with Crippen molar-refractivity contribution in [1.29, 1.82) is 0 Å². The lowest BCUT2D eigenvalue weighted by molar-refractivity contribution is -0.136. The van der Waals surface area contributed by atoms with Crippen LogP contribution >= 0.6 is 36.9 Å². The van der Waals surface area contributed by atoms with Crippen LogP contribution < -0.4 is 54.4 Å². The van der Waals surface area contributed by atoms with E-state index in [1.165, 1.54) is 6.20 Å². The number of hydrogen-bond donors (Lipinski definition) is 13. The number of amides is 8. The first kappa shape index (κ1) is 62.7. The summed E-state index contributed by atoms with van der Waals surface area (Å²) in [6, 6.07) is 22.6. The van der Waals surface area contributed by atoms with Crippen LogP contribution in [0.15, 0.2) is 122 Å². The van der Waals surface area contributed by atoms with Crippen LogP contribution in [0.1, 0.15) is 55.5 Å². The number of nitrogens with zero attached hydrogens (tertiary/aromatic N) is 1. The lowest BCUT2D eigenvalue weighted by Crippen LogP contribution is -2.61. The number of nitrogens with one attached hydrogen (secondary N) is 8. The van der Waals surface area contributed by atoms with Crippen LogP contribution in [0, 0.1) is 5.92 Å². The monoisotopic (exact) mass is 1160 g/mol. The van der Waals surface area contributed by atoms with Crippen LogP contribution in [0.3, 0.4) is 0 Å². The summed E-state index contributed by atoms with van der Waals surface area (Å²) in [4.78, 5) is 119. The molecule has 20 nitrogen and oxygen atoms in total. The molecule has 4 aromatic carbocycles. The topological polar surface area (TPSA) is 328 Å². The number of unbranched alkanes of at least 4 members (excludes halogenated alkanes) is 1. The molecule has 0 aliphatic rings. The smallest absolute Gasteiger partial charge is 0.244 e. The lowest BCUT2D eigenvalue weighted by atomic mass is 10.00. The minimum atomic E-state index is -1.37. The predicted octanol–water partition coefficient (Wildman–Crippen LogP) is 2.49. The molecule has 0 saturated heterocycles. The summed E-state index contributed by atoms with van der Waals surface area (Å²) in [5, 5.41) is 22.3. The van der Waals surface area contributed by atoms with E-state index in [2.05, 4.69) is 72.4 Å². The molecule has 0 aliphatic heterocycles. The zero-order chi connectivity index (χ0) is 58.6. The molecule has 8 amide bonds. The van der Waals surface area contributed by atoms with Gasteiger partial charge in [0, 0.05) is 64.8 Å². The maximum atomic E-state index is 14.8. The van der Waals surface area contributed by atoms with Gasteiger partial charge in [0.05, 0.1) is 6.04 Å². The van der Waals surface area contributed by atoms with Crippen molar-refractivity contribution in [2.75, 3.05) is 18.1 Å². The Balaban J connectivity index is 1.19. The number of pyridine rings is 1. The van der Waals surface area contributed by atoms with E-state index in [-0.39, 0.29) is 50.2 Å². The standard InChI is InChI=1S/C58H71ClN12O8S2/c1-33(2)50(58(79)70-49(32-81)56(77)66-45(51(62)72)27-35-17-20-36-11-3-4-12-37(36)25-35)71-53(74)44(16-7-9-23-60)65-54(75)46(28-38-30-64-43-15-6-5-14-41(38)43)67-55(76)47(29-40-13-8-10-24-63-40)68-57(78)48(31-80)69-52(73)42(61)26-34-18-21-39(59)22-19-34/h3-6,8,10-15,17-22,24-25,30,33,42,44-50,64,80-81H,7,9,16,23,26-29,31-32,60-61H2,1-2H3,(H2,62,72)(H,65,75)(H,66,77)(H,67,76)(H,68,78)(H,69,73)(H,70,79)(H,71,74)/t42-,44-,45-,46-,47-,48+,49-,50-/m0/s1. The first-order valence-electron chi connectivity index (χ1n) is 26.6. The Morgan fingerprint density at radius 2 is 1.12 bits per heavy atom. The minimum absolute atomic E-state index is 0.0703. The summed E-state index contributed by atoms with van der Waals surface area (Å²) in [6.45, 7) is 3.65. The highest BCUT2D eigenvalue weighted by Crippen LogP contribution is 2.21. The summed E-state index contributed by atoms with van der Waals surface area (Å²) >= 11 is 14.7. The van der Waals surface area contributed by atoms with Crippen molar-refractivity contribution >= 4 is 106 Å². The third-order valence-corrected chi connectivity index (χ3v) is 14.6. The van der Waals surface area contributed by atoms with Crippen molar-refractivity contribution < 1.29 is 38.4 Å². The molecule has 0 fully saturated rings. The number of benzene rings is 4. The zero-order valence-corrected chi connectivity index (χ0v) is 47.6. The molecule has 0 spiro atoms. The summed E-state index contributed by atoms with van der Waals surface area (Å²) in [5.41, 5.74) is 21.2. The SMILES string of the molecule is CC(C)[C@H](NC(=O)[C@H](CCCCN)NC(=O)[C@H](Cc1c[nH]c2ccccc12)NC(=O)[C@H](Cc1ccccn1)NC(=O)[C@@H](CS)NC(=O)[C@@H](N)Cc1ccc(Cl)cc1)C(=O)N[C@@H](CS)C(=O)N[C@@H](Cc1ccc2ccccc2c1)C(N)=O. The molecule has 2 heterocycles. The van der Waals surface area contributed by atoms with Crippen molar-refractivity contribution in [2.24, 2.45) is 23.1 Å². The number of primary amides is 1. The number of fused-ring (bicyclic) bond motifs is 2. The quantitative estimate of drug-likeness (QED) is 0.0230. The van der Waals surface area contributed by atoms with Gasteiger partial charge < -0.3 is 59.4 Å². The molecule has 14 N–H and O–H groups in total. The van der Waals surface area contributed by atoms with Crippen LogP contribution in [0.25, 0.3) is 21.7 Å². The Bertz CT molecular complexity index is 3130. The highest BCUT2D eigenvalue weighted by Gasteiger charge is 2.35. The first-order chi connectivity index (χ1) is 38.9. The maximum absolute atomic E-state index is 14.8. The van der Waals surface area contributed by atoms with Gasteiger partial charge >= 0.3 is 0 Å². The number of nitrogens with two attached hydrogens (primary N) is 3. The average molecular weight is 1160 g/mol. The molecule has 0 bridgehead atoms. The number of H-pyrrole nitrogens is 1. The molecule has 0 unspecified atom stereocenters. The third kappa shape index (κ3) is 18.5. The second kappa shape index (κ2) is 30.9. The number of thiol groups is 2. The fourth-order valence-corrected chi connectivity index (χ4v) is 9.67. The third-order valence-electron chi connectivity index (χ3n) is 13.6. The van der Waals surface area contributed by atoms with Crippen molar-refractivity contribution in [3.05, 3.63) is 149 Å². The van der Waals surface area contributed by atoms with Crippen molar-refractivity contribution in [3.8, 4) is 0 Å². The fourth-order valence-electron chi connectivity index (χ4n) is 9.03. The Morgan fingerprint density at radius 3 is 1.75 bits per heavy atom. The number of rotatable bonds is 30. The number of para-hydroxylation sites is 1. The van der Waals surface area contributed by atoms with E-state index in [0.717, 1.165) is 32.8 Å². The summed E-state index contributed by atoms with van der Waals surface area (Å²) in [7, 11) is 0. The van der Waals surface area contributed by atoms with E-state index < -0.39 is 102 Å². The van der Waals surface area contributed by atoms with Crippen LogP contribution in [-0.4, -0.2) is 124 Å². The van der Waals surface area contributed by atoms with E-state index in [1.807, 2.05) is 66.7 Å². The van der Waals surface area contributed by atoms with Gasteiger partial charge in [0.25, 0.3) is 0 Å². The Morgan fingerprint density at radius 1 is 0.568 bits per heavy atom. The second-order valence-corrected chi connectivity index (χ2v) is 21.2. The second-order valence-electron chi connectivity index (χ2n) is 20.1. The number of aromatic nitrogens is 2. The fraction of sp³-hybridized carbons (Fsp3) is 0.362. The molecule has 2 aromatic heterocycles. The molecule has 0 radical (unpaired) electrons. The summed E-state index contributed by atoms with van der Waals surface area (Å²) in [6.07, 6.45) is 4.14. The summed E-state index contributed by atoms with van der Waals surface area (Å²) in [5.74, 6) is -6.87. The van der Waals surface area contributed by atoms with Gasteiger partial charge in [0.15, 0.2) is 0 Å². The lowest BCUT2D eigenvalue weighted by Gasteiger charge is -2.29. The van der Waals surface area contributed by atoms with Gasteiger partial charge in [-0.3, -0.25) is 43.3 Å². The van der Waals surface area contributed by atoms with Crippen LogP contribution in [0.2, 0.25) is 5.02 Å². The first-order valence-corrected chi connectivity index (χ1v) is 28.3. The van der Waals surface area contributed by atoms with Crippen LogP contribution in [0.4, 0.5) is 0 Å². The van der Waals surface area contributed by atoms with Crippen molar-refractivity contribution in [3.63, 3.8) is 0 Å². The highest BCUT2D eigenvalue weighted by atomic mass is 35.5. The number of hydrogen-bond acceptors (Lipinski definition) is 13. The molecular formula is C58H71ClN12O8S2. The van der Waals surface area contributed by atoms with E-state index in [4.69, 9.17) is 28.8 Å². The highest BCUT2D eigenvalue weighted by molar-refractivity contribution is 7.80. The number of carbonyl (C=O) groups is 8. The molecule has 0 aliphatic carbocycles. The van der Waals surface area contributed by atoms with Gasteiger partial charge in [-0.1, -0.05) is 104 Å². The van der Waals surface area contributed by atoms with Gasteiger partial charge in [-0.25, -0.2) is 0 Å². The Kier molecular flexibility index (Phi) is 23.9. The van der Waals surface area contributed by atoms with Crippen LogP contribution in [0.5, 0.6) is 0 Å². The van der Waals surface area contributed by atoms with Gasteiger partial charge in [-0.15, -0.1) is 0 Å². The minimum Gasteiger partial charge on any atom is -0.368 e. The van der Waals surface area contributed by atoms with Gasteiger partial charge in [-0.2, -0.15) is 25.3 Å². The van der Waals surface area contributed by atoms with E-state index >= 15 is 0 Å². The molecule has 8 atom stereocenters. The van der Waals surface area contributed by atoms with Gasteiger partial charge in [0.2, 0.25) is 47.3 Å². The molecule has 430 valence electrons. The van der Waals surface area contributed by atoms with Crippen molar-refractivity contribution in [1.82, 2.24) is 47.2 Å². The van der Waals surface area contributed by atoms with Gasteiger partial charge in [-0.05, 0) is 95.9 Å². The number of carbonyl (C=O) groups excluding carboxylic acids is 8. The van der Waals surface area contributed by atoms with Gasteiger partial charge in [0.1, 0.15) is 42.3 Å². The summed E-state index contributed by atoms with van der Waals surface area (Å²) < 4.78 is 0. The molecular weight excluding hydrogens is 1090 g/mol. The Labute approximate surface area is 486 Å². The molecule has 6 aromatic rings. The zero-order valence-electron chi connectivity index (χ0n) is 45.0. The van der Waals surface area contributed by atoms with E-state index in [0.29, 0.717) is 29.1 Å². The van der Waals surface area contributed by atoms with Crippen LogP contribution in [-0.2, 0) is 64.0 Å². The Hall–Kier alpha value is -7.50. The normalized spacial score (nSPS) is 14.3. The molecule has 6 rings (SSSR count). The van der Waals surface area contributed by atoms with E-state index in [1.54, 1.807) is 62.5 Å². The maximum Gasteiger partial charge on any atom is 0.244 e. The number of aromatic amines is 1. The molecule has 23 heteroatoms. The molecule has 81 heavy (non-hydrogen) atoms.